The van der Waals surface area contributed by atoms with Crippen LogP contribution >= 0.6 is 0 Å². The summed E-state index contributed by atoms with van der Waals surface area (Å²) < 4.78 is 22.6. The topological polar surface area (TPSA) is 112 Å². The number of ether oxygens (including phenoxy) is 4. The minimum absolute atomic E-state index is 0.206. The van der Waals surface area contributed by atoms with Crippen molar-refractivity contribution in [3.8, 4) is 0 Å². The van der Waals surface area contributed by atoms with Gasteiger partial charge in [0.2, 0.25) is 0 Å². The van der Waals surface area contributed by atoms with E-state index in [0.29, 0.717) is 19.3 Å². The molecule has 2 saturated heterocycles. The number of fused-ring (bicyclic) bond motifs is 3. The van der Waals surface area contributed by atoms with Crippen molar-refractivity contribution >= 4 is 17.9 Å². The zero-order valence-corrected chi connectivity index (χ0v) is 19.3. The number of carbonyl (C=O) groups excluding carboxylic acids is 3. The molecule has 176 valence electrons. The molecule has 0 aromatic carbocycles. The van der Waals surface area contributed by atoms with Crippen molar-refractivity contribution in [2.24, 2.45) is 5.92 Å². The van der Waals surface area contributed by atoms with Crippen LogP contribution in [0.3, 0.4) is 0 Å². The van der Waals surface area contributed by atoms with Crippen molar-refractivity contribution in [2.75, 3.05) is 0 Å². The van der Waals surface area contributed by atoms with Gasteiger partial charge in [0.15, 0.2) is 0 Å². The second-order valence-electron chi connectivity index (χ2n) is 9.08. The molecule has 1 aliphatic carbocycles. The Morgan fingerprint density at radius 2 is 1.81 bits per heavy atom. The van der Waals surface area contributed by atoms with Crippen LogP contribution in [-0.2, 0) is 33.3 Å². The van der Waals surface area contributed by atoms with E-state index in [0.717, 1.165) is 11.1 Å². The van der Waals surface area contributed by atoms with Crippen LogP contribution < -0.4 is 0 Å². The molecule has 0 unspecified atom stereocenters. The summed E-state index contributed by atoms with van der Waals surface area (Å²) in [7, 11) is 0. The van der Waals surface area contributed by atoms with Crippen LogP contribution in [0.15, 0.2) is 35.5 Å². The van der Waals surface area contributed by atoms with Gasteiger partial charge in [-0.1, -0.05) is 24.3 Å². The molecular weight excluding hydrogens is 416 g/mol. The van der Waals surface area contributed by atoms with E-state index in [9.17, 15) is 19.5 Å². The van der Waals surface area contributed by atoms with Crippen LogP contribution in [-0.4, -0.2) is 59.1 Å². The number of rotatable bonds is 2. The Labute approximate surface area is 188 Å². The van der Waals surface area contributed by atoms with E-state index >= 15 is 0 Å². The molecular formula is C24H32O8. The molecule has 1 N–H and O–H groups in total. The maximum Gasteiger partial charge on any atom is 0.334 e. The first-order valence-electron chi connectivity index (χ1n) is 10.9. The van der Waals surface area contributed by atoms with E-state index in [1.165, 1.54) is 13.8 Å². The zero-order chi connectivity index (χ0) is 23.8. The van der Waals surface area contributed by atoms with Crippen LogP contribution in [0.25, 0.3) is 0 Å². The van der Waals surface area contributed by atoms with Gasteiger partial charge in [0, 0.05) is 32.3 Å². The van der Waals surface area contributed by atoms with Gasteiger partial charge in [-0.25, -0.2) is 4.79 Å². The van der Waals surface area contributed by atoms with E-state index in [1.807, 2.05) is 26.0 Å². The highest BCUT2D eigenvalue weighted by atomic mass is 16.7. The summed E-state index contributed by atoms with van der Waals surface area (Å²) in [6.45, 7) is 12.0. The standard InChI is InChI=1S/C24H32O8/c1-12-7-9-18(29-15(4)25)13(2)8-10-19(30-16(5)26)24(6)22(32-24)21-20(17(27)11-12)14(3)23(28)31-21/h7-8,17-22,27H,3,9-11H2,1-2,4-6H3/b12-7+,13-8+/t17-,18+,19-,20-,21+,22+,24+/m1/s1. The van der Waals surface area contributed by atoms with Gasteiger partial charge >= 0.3 is 17.9 Å². The summed E-state index contributed by atoms with van der Waals surface area (Å²) in [6.07, 6.45) is 1.52. The van der Waals surface area contributed by atoms with Crippen molar-refractivity contribution in [1.82, 2.24) is 0 Å². The van der Waals surface area contributed by atoms with Gasteiger partial charge in [-0.15, -0.1) is 0 Å². The van der Waals surface area contributed by atoms with Crippen LogP contribution in [0.1, 0.15) is 53.9 Å². The number of aliphatic hydroxyl groups excluding tert-OH is 1. The Morgan fingerprint density at radius 1 is 1.16 bits per heavy atom. The molecule has 8 nitrogen and oxygen atoms in total. The van der Waals surface area contributed by atoms with Gasteiger partial charge in [-0.2, -0.15) is 0 Å². The third-order valence-electron chi connectivity index (χ3n) is 6.49. The lowest BCUT2D eigenvalue weighted by atomic mass is 9.82. The number of epoxide rings is 1. The molecule has 0 aromatic heterocycles. The minimum Gasteiger partial charge on any atom is -0.459 e. The molecule has 3 rings (SSSR count). The maximum atomic E-state index is 12.3. The summed E-state index contributed by atoms with van der Waals surface area (Å²) in [5, 5.41) is 11.0. The smallest absolute Gasteiger partial charge is 0.334 e. The highest BCUT2D eigenvalue weighted by Gasteiger charge is 2.67. The first kappa shape index (κ1) is 24.2. The Hall–Kier alpha value is -2.45. The lowest BCUT2D eigenvalue weighted by molar-refractivity contribution is -0.149. The molecule has 2 heterocycles. The average Bonchev–Trinajstić information content (AvgIpc) is 3.29. The SMILES string of the molecule is C=C1C(=O)O[C@H]2[C@H]1[C@H](O)C/C(C)=C/C[C@H](OC(C)=O)/C(C)=C/C[C@@H](OC(C)=O)[C@]1(C)O[C@@H]21. The number of hydrogen-bond donors (Lipinski definition) is 1. The van der Waals surface area contributed by atoms with Crippen LogP contribution in [0.4, 0.5) is 0 Å². The molecule has 0 saturated carbocycles. The van der Waals surface area contributed by atoms with Crippen LogP contribution in [0.5, 0.6) is 0 Å². The fraction of sp³-hybridized carbons (Fsp3) is 0.625. The third-order valence-corrected chi connectivity index (χ3v) is 6.49. The second-order valence-corrected chi connectivity index (χ2v) is 9.08. The summed E-state index contributed by atoms with van der Waals surface area (Å²) in [4.78, 5) is 35.7. The lowest BCUT2D eigenvalue weighted by Gasteiger charge is -2.26. The van der Waals surface area contributed by atoms with Gasteiger partial charge < -0.3 is 24.1 Å². The third kappa shape index (κ3) is 4.96. The number of esters is 3. The Morgan fingerprint density at radius 3 is 2.44 bits per heavy atom. The van der Waals surface area contributed by atoms with E-state index in [4.69, 9.17) is 18.9 Å². The van der Waals surface area contributed by atoms with E-state index in [-0.39, 0.29) is 5.57 Å². The molecule has 3 aliphatic rings. The molecule has 0 aromatic rings. The summed E-state index contributed by atoms with van der Waals surface area (Å²) >= 11 is 0. The first-order valence-corrected chi connectivity index (χ1v) is 10.9. The fourth-order valence-electron chi connectivity index (χ4n) is 4.60. The molecule has 0 radical (unpaired) electrons. The Bertz CT molecular complexity index is 871. The first-order chi connectivity index (χ1) is 14.9. The number of hydrogen-bond acceptors (Lipinski definition) is 8. The summed E-state index contributed by atoms with van der Waals surface area (Å²) in [5.74, 6) is -2.06. The van der Waals surface area contributed by atoms with E-state index in [2.05, 4.69) is 6.58 Å². The quantitative estimate of drug-likeness (QED) is 0.226. The molecule has 2 aliphatic heterocycles. The predicted molar refractivity (Wildman–Crippen MR) is 114 cm³/mol. The molecule has 8 heteroatoms. The minimum atomic E-state index is -0.914. The second kappa shape index (κ2) is 9.19. The molecule has 0 amide bonds. The summed E-state index contributed by atoms with van der Waals surface area (Å²) in [5.41, 5.74) is 1.01. The number of aliphatic hydroxyl groups is 1. The molecule has 0 bridgehead atoms. The van der Waals surface area contributed by atoms with Gasteiger partial charge in [-0.05, 0) is 32.8 Å². The van der Waals surface area contributed by atoms with Crippen LogP contribution in [0, 0.1) is 5.92 Å². The normalized spacial score (nSPS) is 40.9. The molecule has 0 spiro atoms. The van der Waals surface area contributed by atoms with Crippen molar-refractivity contribution < 1.29 is 38.4 Å². The molecule has 32 heavy (non-hydrogen) atoms. The Kier molecular flexibility index (Phi) is 6.95. The average molecular weight is 449 g/mol. The van der Waals surface area contributed by atoms with E-state index in [1.54, 1.807) is 6.92 Å². The van der Waals surface area contributed by atoms with Crippen molar-refractivity contribution in [2.45, 2.75) is 90.0 Å². The molecule has 7 atom stereocenters. The van der Waals surface area contributed by atoms with E-state index < -0.39 is 59.9 Å². The number of carbonyl (C=O) groups is 3. The monoisotopic (exact) mass is 448 g/mol. The maximum absolute atomic E-state index is 12.3. The van der Waals surface area contributed by atoms with Crippen molar-refractivity contribution in [3.63, 3.8) is 0 Å². The van der Waals surface area contributed by atoms with Gasteiger partial charge in [0.1, 0.15) is 30.0 Å². The lowest BCUT2D eigenvalue weighted by Crippen LogP contribution is -2.40. The van der Waals surface area contributed by atoms with Crippen molar-refractivity contribution in [3.05, 3.63) is 35.5 Å². The Balaban J connectivity index is 1.99. The fourth-order valence-corrected chi connectivity index (χ4v) is 4.60. The van der Waals surface area contributed by atoms with Gasteiger partial charge in [0.25, 0.3) is 0 Å². The largest absolute Gasteiger partial charge is 0.459 e. The summed E-state index contributed by atoms with van der Waals surface area (Å²) in [6, 6.07) is 0. The zero-order valence-electron chi connectivity index (χ0n) is 19.3. The molecule has 2 fully saturated rings. The van der Waals surface area contributed by atoms with Crippen molar-refractivity contribution in [1.29, 1.82) is 0 Å². The van der Waals surface area contributed by atoms with Gasteiger partial charge in [-0.3, -0.25) is 9.59 Å². The predicted octanol–water partition coefficient (Wildman–Crippen LogP) is 2.54. The van der Waals surface area contributed by atoms with Gasteiger partial charge in [0.05, 0.1) is 12.0 Å². The highest BCUT2D eigenvalue weighted by Crippen LogP contribution is 2.50. The van der Waals surface area contributed by atoms with Crippen LogP contribution in [0.2, 0.25) is 0 Å². The highest BCUT2D eigenvalue weighted by molar-refractivity contribution is 5.91.